The highest BCUT2D eigenvalue weighted by atomic mass is 32.2. The number of aromatic nitrogens is 4. The maximum atomic E-state index is 14.1. The van der Waals surface area contributed by atoms with Crippen LogP contribution in [-0.4, -0.2) is 25.2 Å². The van der Waals surface area contributed by atoms with Gasteiger partial charge in [-0.3, -0.25) is 14.0 Å². The van der Waals surface area contributed by atoms with Gasteiger partial charge in [-0.1, -0.05) is 11.8 Å². The molecule has 0 saturated carbocycles. The lowest BCUT2D eigenvalue weighted by molar-refractivity contribution is 0.0949. The first-order valence-corrected chi connectivity index (χ1v) is 11.1. The maximum Gasteiger partial charge on any atom is 0.255 e. The van der Waals surface area contributed by atoms with Crippen molar-refractivity contribution in [3.8, 4) is 5.69 Å². The van der Waals surface area contributed by atoms with Gasteiger partial charge in [-0.2, -0.15) is 5.10 Å². The van der Waals surface area contributed by atoms with Crippen molar-refractivity contribution in [3.05, 3.63) is 94.6 Å². The van der Waals surface area contributed by atoms with E-state index < -0.39 is 28.8 Å². The molecule has 6 nitrogen and oxygen atoms in total. The minimum atomic E-state index is -1.26. The molecular weight excluding hydrogens is 470 g/mol. The molecule has 0 fully saturated rings. The van der Waals surface area contributed by atoms with E-state index in [-0.39, 0.29) is 18.2 Å². The molecule has 0 unspecified atom stereocenters. The van der Waals surface area contributed by atoms with Gasteiger partial charge in [0.1, 0.15) is 11.6 Å². The quantitative estimate of drug-likeness (QED) is 0.232. The Bertz CT molecular complexity index is 1350. The van der Waals surface area contributed by atoms with Crippen LogP contribution in [0.1, 0.15) is 27.3 Å². The second kappa shape index (κ2) is 9.72. The number of imidazole rings is 1. The number of carbonyl (C=O) groups is 1. The zero-order chi connectivity index (χ0) is 24.4. The molecule has 1 N–H and O–H groups in total. The minimum absolute atomic E-state index is 0.0702. The standard InChI is InChI=1S/C23H19F4N5OS/c1-13-17(11-31(2)30-13)22(33)28-9-16-10-29-23(32(16)15-5-3-14(24)4-6-15)34-12-18-19(25)7-8-20(26)21(18)27/h3-8,10-11H,9,12H2,1-2H3,(H,28,33). The van der Waals surface area contributed by atoms with E-state index in [1.165, 1.54) is 35.1 Å². The van der Waals surface area contributed by atoms with Crippen LogP contribution in [0.15, 0.2) is 53.9 Å². The second-order valence-electron chi connectivity index (χ2n) is 7.44. The molecule has 4 rings (SSSR count). The average molecular weight is 489 g/mol. The molecule has 0 atom stereocenters. The third kappa shape index (κ3) is 4.84. The lowest BCUT2D eigenvalue weighted by Crippen LogP contribution is -2.24. The highest BCUT2D eigenvalue weighted by Crippen LogP contribution is 2.29. The Balaban J connectivity index is 1.61. The van der Waals surface area contributed by atoms with E-state index in [2.05, 4.69) is 15.4 Å². The number of thioether (sulfide) groups is 1. The monoisotopic (exact) mass is 489 g/mol. The van der Waals surface area contributed by atoms with Crippen LogP contribution in [0, 0.1) is 30.2 Å². The van der Waals surface area contributed by atoms with Gasteiger partial charge >= 0.3 is 0 Å². The van der Waals surface area contributed by atoms with Gasteiger partial charge in [-0.15, -0.1) is 0 Å². The van der Waals surface area contributed by atoms with Gasteiger partial charge in [0.2, 0.25) is 0 Å². The fourth-order valence-electron chi connectivity index (χ4n) is 3.39. The summed E-state index contributed by atoms with van der Waals surface area (Å²) >= 11 is 0.979. The van der Waals surface area contributed by atoms with Gasteiger partial charge in [-0.05, 0) is 43.3 Å². The van der Waals surface area contributed by atoms with Crippen LogP contribution < -0.4 is 5.32 Å². The summed E-state index contributed by atoms with van der Waals surface area (Å²) in [6.07, 6.45) is 3.10. The van der Waals surface area contributed by atoms with Crippen LogP contribution in [0.3, 0.4) is 0 Å². The summed E-state index contributed by atoms with van der Waals surface area (Å²) in [6, 6.07) is 7.14. The Labute approximate surface area is 196 Å². The summed E-state index contributed by atoms with van der Waals surface area (Å²) in [4.78, 5) is 16.9. The van der Waals surface area contributed by atoms with E-state index in [4.69, 9.17) is 0 Å². The molecule has 2 heterocycles. The largest absolute Gasteiger partial charge is 0.346 e. The highest BCUT2D eigenvalue weighted by Gasteiger charge is 2.19. The second-order valence-corrected chi connectivity index (χ2v) is 8.38. The molecule has 0 radical (unpaired) electrons. The third-order valence-electron chi connectivity index (χ3n) is 5.06. The van der Waals surface area contributed by atoms with Crippen molar-refractivity contribution in [2.75, 3.05) is 0 Å². The number of rotatable bonds is 7. The van der Waals surface area contributed by atoms with Gasteiger partial charge in [0.25, 0.3) is 5.91 Å². The van der Waals surface area contributed by atoms with Crippen LogP contribution in [0.2, 0.25) is 0 Å². The summed E-state index contributed by atoms with van der Waals surface area (Å²) in [5.74, 6) is -4.28. The molecule has 2 aromatic carbocycles. The smallest absolute Gasteiger partial charge is 0.255 e. The van der Waals surface area contributed by atoms with Crippen LogP contribution >= 0.6 is 11.8 Å². The van der Waals surface area contributed by atoms with Crippen LogP contribution in [0.5, 0.6) is 0 Å². The Hall–Kier alpha value is -3.60. The molecule has 0 aliphatic heterocycles. The number of nitrogens with zero attached hydrogens (tertiary/aromatic N) is 4. The Kier molecular flexibility index (Phi) is 6.73. The summed E-state index contributed by atoms with van der Waals surface area (Å²) < 4.78 is 58.4. The van der Waals surface area contributed by atoms with E-state index in [9.17, 15) is 22.4 Å². The lowest BCUT2D eigenvalue weighted by Gasteiger charge is -2.13. The van der Waals surface area contributed by atoms with Crippen LogP contribution in [0.4, 0.5) is 17.6 Å². The molecule has 1 amide bonds. The number of amides is 1. The minimum Gasteiger partial charge on any atom is -0.346 e. The molecular formula is C23H19F4N5OS. The Morgan fingerprint density at radius 1 is 1.06 bits per heavy atom. The number of hydrogen-bond acceptors (Lipinski definition) is 4. The van der Waals surface area contributed by atoms with Crippen molar-refractivity contribution in [2.45, 2.75) is 24.4 Å². The first-order chi connectivity index (χ1) is 16.2. The highest BCUT2D eigenvalue weighted by molar-refractivity contribution is 7.98. The number of carbonyl (C=O) groups excluding carboxylic acids is 1. The molecule has 0 bridgehead atoms. The first kappa shape index (κ1) is 23.6. The van der Waals surface area contributed by atoms with Gasteiger partial charge in [-0.25, -0.2) is 22.5 Å². The summed E-state index contributed by atoms with van der Waals surface area (Å²) in [5, 5.41) is 7.28. The molecule has 0 spiro atoms. The van der Waals surface area contributed by atoms with E-state index in [0.717, 1.165) is 23.9 Å². The fraction of sp³-hybridized carbons (Fsp3) is 0.174. The average Bonchev–Trinajstić information content (AvgIpc) is 3.37. The topological polar surface area (TPSA) is 64.7 Å². The fourth-order valence-corrected chi connectivity index (χ4v) is 4.40. The van der Waals surface area contributed by atoms with Crippen molar-refractivity contribution in [1.29, 1.82) is 0 Å². The number of benzene rings is 2. The predicted molar refractivity (Wildman–Crippen MR) is 119 cm³/mol. The molecule has 2 aromatic heterocycles. The predicted octanol–water partition coefficient (Wildman–Crippen LogP) is 4.69. The Morgan fingerprint density at radius 3 is 2.44 bits per heavy atom. The van der Waals surface area contributed by atoms with E-state index in [0.29, 0.717) is 27.8 Å². The third-order valence-corrected chi connectivity index (χ3v) is 6.04. The van der Waals surface area contributed by atoms with Gasteiger partial charge in [0.15, 0.2) is 16.8 Å². The normalized spacial score (nSPS) is 11.1. The number of halogens is 4. The van der Waals surface area contributed by atoms with E-state index >= 15 is 0 Å². The molecule has 34 heavy (non-hydrogen) atoms. The van der Waals surface area contributed by atoms with Crippen LogP contribution in [-0.2, 0) is 19.3 Å². The van der Waals surface area contributed by atoms with Gasteiger partial charge < -0.3 is 5.32 Å². The van der Waals surface area contributed by atoms with Gasteiger partial charge in [0, 0.05) is 30.2 Å². The molecule has 4 aromatic rings. The Morgan fingerprint density at radius 2 is 1.76 bits per heavy atom. The number of hydrogen-bond donors (Lipinski definition) is 1. The van der Waals surface area contributed by atoms with E-state index in [1.54, 1.807) is 24.7 Å². The molecule has 176 valence electrons. The van der Waals surface area contributed by atoms with Gasteiger partial charge in [0.05, 0.1) is 29.7 Å². The zero-order valence-electron chi connectivity index (χ0n) is 18.2. The van der Waals surface area contributed by atoms with Crippen molar-refractivity contribution >= 4 is 17.7 Å². The summed E-state index contributed by atoms with van der Waals surface area (Å²) in [7, 11) is 1.71. The van der Waals surface area contributed by atoms with Crippen molar-refractivity contribution in [2.24, 2.45) is 7.05 Å². The van der Waals surface area contributed by atoms with Crippen molar-refractivity contribution in [1.82, 2.24) is 24.6 Å². The molecule has 0 aliphatic rings. The summed E-state index contributed by atoms with van der Waals surface area (Å²) in [6.45, 7) is 1.79. The van der Waals surface area contributed by atoms with Crippen LogP contribution in [0.25, 0.3) is 5.69 Å². The lowest BCUT2D eigenvalue weighted by atomic mass is 10.2. The maximum absolute atomic E-state index is 14.1. The number of nitrogens with one attached hydrogen (secondary N) is 1. The summed E-state index contributed by atoms with van der Waals surface area (Å²) in [5.41, 5.74) is 1.65. The van der Waals surface area contributed by atoms with Crippen molar-refractivity contribution in [3.63, 3.8) is 0 Å². The number of aryl methyl sites for hydroxylation is 2. The van der Waals surface area contributed by atoms with Crippen molar-refractivity contribution < 1.29 is 22.4 Å². The first-order valence-electron chi connectivity index (χ1n) is 10.1. The van der Waals surface area contributed by atoms with E-state index in [1.807, 2.05) is 0 Å². The molecule has 0 saturated heterocycles. The zero-order valence-corrected chi connectivity index (χ0v) is 19.0. The SMILES string of the molecule is Cc1nn(C)cc1C(=O)NCc1cnc(SCc2c(F)ccc(F)c2F)n1-c1ccc(F)cc1. The molecule has 0 aliphatic carbocycles. The molecule has 11 heteroatoms.